The molecule has 1 atom stereocenters. The lowest BCUT2D eigenvalue weighted by Crippen LogP contribution is -2.64. The molecule has 2 fully saturated rings. The van der Waals surface area contributed by atoms with E-state index >= 15 is 0 Å². The molecule has 180 valence electrons. The molecule has 2 aromatic rings. The number of carboxylic acids is 1. The van der Waals surface area contributed by atoms with Gasteiger partial charge in [0.1, 0.15) is 5.82 Å². The number of likely N-dealkylation sites (N-methyl/N-ethyl adjacent to an activating group) is 1. The average molecular weight is 488 g/mol. The Balaban J connectivity index is 0.000000383. The van der Waals surface area contributed by atoms with Crippen molar-refractivity contribution < 1.29 is 32.3 Å². The van der Waals surface area contributed by atoms with Gasteiger partial charge in [0.2, 0.25) is 5.91 Å². The molecule has 1 spiro atoms. The molecule has 0 saturated carbocycles. The number of amides is 1. The van der Waals surface area contributed by atoms with E-state index in [4.69, 9.17) is 9.90 Å². The molecule has 0 radical (unpaired) electrons. The molecule has 2 saturated heterocycles. The minimum atomic E-state index is -5.08. The van der Waals surface area contributed by atoms with E-state index in [0.717, 1.165) is 26.1 Å². The van der Waals surface area contributed by atoms with Crippen LogP contribution < -0.4 is 4.90 Å². The highest BCUT2D eigenvalue weighted by atomic mass is 32.1. The first kappa shape index (κ1) is 25.1. The maximum absolute atomic E-state index is 13.6. The number of aliphatic carboxylic acids is 1. The Hall–Kier alpha value is -2.50. The normalized spacial score (nSPS) is 21.9. The summed E-state index contributed by atoms with van der Waals surface area (Å²) in [5.41, 5.74) is 0.599. The van der Waals surface area contributed by atoms with Crippen molar-refractivity contribution >= 4 is 28.9 Å². The smallest absolute Gasteiger partial charge is 0.475 e. The third-order valence-electron chi connectivity index (χ3n) is 5.88. The van der Waals surface area contributed by atoms with Crippen LogP contribution >= 0.6 is 11.3 Å². The summed E-state index contributed by atoms with van der Waals surface area (Å²) < 4.78 is 45.4. The number of nitrogens with zero attached hydrogens (tertiary/aromatic N) is 3. The molecular formula is C22H25F4N3O3S. The van der Waals surface area contributed by atoms with Gasteiger partial charge in [-0.3, -0.25) is 14.6 Å². The lowest BCUT2D eigenvalue weighted by Gasteiger charge is -2.47. The SMILES string of the molecule is Cc1ccc(CN2CCC3(C2)CN(c2cccc(F)c2)C(=O)CN3C)s1.O=C(O)C(F)(F)F. The van der Waals surface area contributed by atoms with Crippen LogP contribution in [0.1, 0.15) is 16.2 Å². The fourth-order valence-electron chi connectivity index (χ4n) is 4.15. The third kappa shape index (κ3) is 6.10. The molecule has 1 amide bonds. The van der Waals surface area contributed by atoms with Crippen LogP contribution in [0, 0.1) is 12.7 Å². The molecule has 11 heteroatoms. The predicted octanol–water partition coefficient (Wildman–Crippen LogP) is 3.75. The van der Waals surface area contributed by atoms with Gasteiger partial charge in [0.25, 0.3) is 0 Å². The van der Waals surface area contributed by atoms with Crippen LogP contribution in [0.25, 0.3) is 0 Å². The molecule has 0 bridgehead atoms. The zero-order valence-electron chi connectivity index (χ0n) is 18.2. The highest BCUT2D eigenvalue weighted by Crippen LogP contribution is 2.34. The van der Waals surface area contributed by atoms with Gasteiger partial charge in [-0.15, -0.1) is 11.3 Å². The summed E-state index contributed by atoms with van der Waals surface area (Å²) >= 11 is 1.85. The van der Waals surface area contributed by atoms with E-state index in [9.17, 15) is 22.4 Å². The van der Waals surface area contributed by atoms with Crippen LogP contribution in [0.2, 0.25) is 0 Å². The summed E-state index contributed by atoms with van der Waals surface area (Å²) in [4.78, 5) is 30.6. The molecule has 1 aromatic carbocycles. The monoisotopic (exact) mass is 487 g/mol. The van der Waals surface area contributed by atoms with Crippen molar-refractivity contribution in [2.45, 2.75) is 31.6 Å². The Bertz CT molecular complexity index is 1010. The van der Waals surface area contributed by atoms with Crippen molar-refractivity contribution in [1.29, 1.82) is 0 Å². The van der Waals surface area contributed by atoms with Gasteiger partial charge in [-0.05, 0) is 50.7 Å². The lowest BCUT2D eigenvalue weighted by molar-refractivity contribution is -0.192. The summed E-state index contributed by atoms with van der Waals surface area (Å²) in [7, 11) is 2.04. The van der Waals surface area contributed by atoms with Gasteiger partial charge >= 0.3 is 12.1 Å². The molecule has 2 aliphatic rings. The van der Waals surface area contributed by atoms with Crippen molar-refractivity contribution in [3.8, 4) is 0 Å². The van der Waals surface area contributed by atoms with Crippen molar-refractivity contribution in [1.82, 2.24) is 9.80 Å². The Labute approximate surface area is 193 Å². The first-order chi connectivity index (χ1) is 15.4. The van der Waals surface area contributed by atoms with E-state index < -0.39 is 12.1 Å². The third-order valence-corrected chi connectivity index (χ3v) is 6.87. The molecule has 4 rings (SSSR count). The zero-order valence-corrected chi connectivity index (χ0v) is 19.0. The highest BCUT2D eigenvalue weighted by molar-refractivity contribution is 7.11. The summed E-state index contributed by atoms with van der Waals surface area (Å²) in [6.07, 6.45) is -4.06. The lowest BCUT2D eigenvalue weighted by atomic mass is 9.92. The number of alkyl halides is 3. The molecule has 3 heterocycles. The number of halogens is 4. The summed E-state index contributed by atoms with van der Waals surface area (Å²) in [5.74, 6) is -3.02. The Morgan fingerprint density at radius 1 is 1.21 bits per heavy atom. The number of hydrogen-bond acceptors (Lipinski definition) is 5. The summed E-state index contributed by atoms with van der Waals surface area (Å²) in [6, 6.07) is 10.7. The Morgan fingerprint density at radius 2 is 1.91 bits per heavy atom. The van der Waals surface area contributed by atoms with Crippen LogP contribution in [0.3, 0.4) is 0 Å². The quantitative estimate of drug-likeness (QED) is 0.669. The predicted molar refractivity (Wildman–Crippen MR) is 117 cm³/mol. The van der Waals surface area contributed by atoms with Crippen molar-refractivity contribution in [3.05, 3.63) is 52.0 Å². The largest absolute Gasteiger partial charge is 0.490 e. The number of thiophene rings is 1. The van der Waals surface area contributed by atoms with Crippen molar-refractivity contribution in [2.24, 2.45) is 0 Å². The molecule has 1 aromatic heterocycles. The van der Waals surface area contributed by atoms with Gasteiger partial charge < -0.3 is 10.0 Å². The van der Waals surface area contributed by atoms with Crippen LogP contribution in [-0.2, 0) is 16.1 Å². The van der Waals surface area contributed by atoms with Gasteiger partial charge in [-0.2, -0.15) is 13.2 Å². The van der Waals surface area contributed by atoms with Gasteiger partial charge in [0.15, 0.2) is 0 Å². The Morgan fingerprint density at radius 3 is 2.48 bits per heavy atom. The molecule has 6 nitrogen and oxygen atoms in total. The van der Waals surface area contributed by atoms with Crippen molar-refractivity contribution in [2.75, 3.05) is 38.1 Å². The number of aryl methyl sites for hydroxylation is 1. The van der Waals surface area contributed by atoms with Crippen LogP contribution in [0.15, 0.2) is 36.4 Å². The minimum Gasteiger partial charge on any atom is -0.475 e. The van der Waals surface area contributed by atoms with E-state index in [1.54, 1.807) is 11.0 Å². The number of carboxylic acid groups (broad SMARTS) is 1. The first-order valence-corrected chi connectivity index (χ1v) is 11.1. The number of anilines is 1. The van der Waals surface area contributed by atoms with E-state index in [1.807, 2.05) is 24.5 Å². The first-order valence-electron chi connectivity index (χ1n) is 10.2. The topological polar surface area (TPSA) is 64.1 Å². The fraction of sp³-hybridized carbons (Fsp3) is 0.455. The van der Waals surface area contributed by atoms with E-state index in [-0.39, 0.29) is 17.3 Å². The molecule has 1 unspecified atom stereocenters. The number of likely N-dealkylation sites (tertiary alicyclic amines) is 1. The average Bonchev–Trinajstić information content (AvgIpc) is 3.31. The van der Waals surface area contributed by atoms with Gasteiger partial charge in [-0.1, -0.05) is 6.07 Å². The van der Waals surface area contributed by atoms with Crippen LogP contribution in [0.4, 0.5) is 23.2 Å². The zero-order chi connectivity index (χ0) is 24.4. The van der Waals surface area contributed by atoms with Gasteiger partial charge in [0.05, 0.1) is 12.1 Å². The van der Waals surface area contributed by atoms with E-state index in [2.05, 4.69) is 28.9 Å². The van der Waals surface area contributed by atoms with E-state index in [1.165, 1.54) is 21.9 Å². The van der Waals surface area contributed by atoms with Crippen LogP contribution in [0.5, 0.6) is 0 Å². The number of hydrogen-bond donors (Lipinski definition) is 1. The minimum absolute atomic E-state index is 0.0380. The molecule has 2 aliphatic heterocycles. The van der Waals surface area contributed by atoms with E-state index in [0.29, 0.717) is 18.8 Å². The molecular weight excluding hydrogens is 462 g/mol. The number of benzene rings is 1. The maximum atomic E-state index is 13.6. The number of carbonyl (C=O) groups excluding carboxylic acids is 1. The second-order valence-electron chi connectivity index (χ2n) is 8.32. The maximum Gasteiger partial charge on any atom is 0.490 e. The van der Waals surface area contributed by atoms with Crippen molar-refractivity contribution in [3.63, 3.8) is 0 Å². The fourth-order valence-corrected chi connectivity index (χ4v) is 5.08. The standard InChI is InChI=1S/C20H24FN3OS.C2HF3O2/c1-15-6-7-18(26-15)11-23-9-8-20(13-23)14-24(19(25)12-22(20)2)17-5-3-4-16(21)10-17;3-2(4,5)1(6)7/h3-7,10H,8-9,11-14H2,1-2H3;(H,6,7). The van der Waals surface area contributed by atoms with Crippen LogP contribution in [-0.4, -0.2) is 71.7 Å². The number of carbonyl (C=O) groups is 2. The highest BCUT2D eigenvalue weighted by Gasteiger charge is 2.47. The second-order valence-corrected chi connectivity index (χ2v) is 9.69. The Kier molecular flexibility index (Phi) is 7.45. The van der Waals surface area contributed by atoms with Gasteiger partial charge in [0, 0.05) is 41.6 Å². The molecule has 0 aliphatic carbocycles. The number of rotatable bonds is 3. The molecule has 33 heavy (non-hydrogen) atoms. The number of piperazine rings is 1. The summed E-state index contributed by atoms with van der Waals surface area (Å²) in [5, 5.41) is 7.12. The molecule has 1 N–H and O–H groups in total. The second kappa shape index (κ2) is 9.78. The van der Waals surface area contributed by atoms with Gasteiger partial charge in [-0.25, -0.2) is 9.18 Å². The summed E-state index contributed by atoms with van der Waals surface area (Å²) in [6.45, 7) is 6.04.